The third kappa shape index (κ3) is 3.57. The number of sulfone groups is 1. The zero-order valence-electron chi connectivity index (χ0n) is 10.9. The molecular formula is C12H18BNO4S. The van der Waals surface area contributed by atoms with Crippen LogP contribution in [-0.2, 0) is 16.4 Å². The summed E-state index contributed by atoms with van der Waals surface area (Å²) in [6, 6.07) is 7.05. The van der Waals surface area contributed by atoms with Crippen LogP contribution in [0.1, 0.15) is 12.5 Å². The van der Waals surface area contributed by atoms with E-state index in [1.54, 1.807) is 12.1 Å². The Kier molecular flexibility index (Phi) is 4.30. The Morgan fingerprint density at radius 3 is 2.68 bits per heavy atom. The molecule has 0 aromatic heterocycles. The summed E-state index contributed by atoms with van der Waals surface area (Å²) in [5, 5.41) is 18.6. The molecule has 1 aromatic rings. The van der Waals surface area contributed by atoms with Crippen molar-refractivity contribution in [2.24, 2.45) is 0 Å². The standard InChI is InChI=1S/C12H18BNO4S/c1-10-9-19(17,18)7-6-14(10)8-11-4-2-3-5-12(11)13(15)16/h2-5,10,15-16H,6-9H2,1H3. The first kappa shape index (κ1) is 14.5. The van der Waals surface area contributed by atoms with Gasteiger partial charge in [-0.15, -0.1) is 0 Å². The predicted octanol–water partition coefficient (Wildman–Crippen LogP) is -1.01. The van der Waals surface area contributed by atoms with E-state index in [4.69, 9.17) is 0 Å². The highest BCUT2D eigenvalue weighted by molar-refractivity contribution is 7.91. The zero-order valence-corrected chi connectivity index (χ0v) is 11.7. The van der Waals surface area contributed by atoms with Crippen molar-refractivity contribution in [2.75, 3.05) is 18.1 Å². The van der Waals surface area contributed by atoms with Gasteiger partial charge in [0.2, 0.25) is 0 Å². The van der Waals surface area contributed by atoms with Crippen LogP contribution < -0.4 is 5.46 Å². The van der Waals surface area contributed by atoms with E-state index in [9.17, 15) is 18.5 Å². The minimum absolute atomic E-state index is 0.0531. The van der Waals surface area contributed by atoms with Crippen LogP contribution in [0.15, 0.2) is 24.3 Å². The Balaban J connectivity index is 2.14. The molecule has 104 valence electrons. The second kappa shape index (κ2) is 5.62. The molecule has 0 aliphatic carbocycles. The molecule has 7 heteroatoms. The topological polar surface area (TPSA) is 77.8 Å². The van der Waals surface area contributed by atoms with Gasteiger partial charge in [0, 0.05) is 19.1 Å². The molecule has 1 aliphatic rings. The second-order valence-electron chi connectivity index (χ2n) is 5.01. The fourth-order valence-electron chi connectivity index (χ4n) is 2.42. The van der Waals surface area contributed by atoms with Crippen LogP contribution in [0, 0.1) is 0 Å². The van der Waals surface area contributed by atoms with Gasteiger partial charge in [-0.1, -0.05) is 24.3 Å². The Bertz CT molecular complexity index is 546. The Morgan fingerprint density at radius 1 is 1.37 bits per heavy atom. The maximum Gasteiger partial charge on any atom is 0.488 e. The number of rotatable bonds is 3. The summed E-state index contributed by atoms with van der Waals surface area (Å²) < 4.78 is 23.1. The van der Waals surface area contributed by atoms with Crippen LogP contribution in [0.2, 0.25) is 0 Å². The summed E-state index contributed by atoms with van der Waals surface area (Å²) >= 11 is 0. The average molecular weight is 283 g/mol. The van der Waals surface area contributed by atoms with Gasteiger partial charge < -0.3 is 10.0 Å². The van der Waals surface area contributed by atoms with Gasteiger partial charge in [0.25, 0.3) is 0 Å². The molecule has 0 saturated carbocycles. The number of hydrogen-bond donors (Lipinski definition) is 2. The van der Waals surface area contributed by atoms with Crippen molar-refractivity contribution >= 4 is 22.4 Å². The van der Waals surface area contributed by atoms with Gasteiger partial charge in [-0.05, 0) is 17.9 Å². The van der Waals surface area contributed by atoms with Crippen molar-refractivity contribution in [2.45, 2.75) is 19.5 Å². The Hall–Kier alpha value is -0.885. The largest absolute Gasteiger partial charge is 0.488 e. The first-order valence-electron chi connectivity index (χ1n) is 6.27. The van der Waals surface area contributed by atoms with Crippen molar-refractivity contribution in [1.82, 2.24) is 4.90 Å². The molecule has 2 N–H and O–H groups in total. The monoisotopic (exact) mass is 283 g/mol. The summed E-state index contributed by atoms with van der Waals surface area (Å²) in [6.45, 7) is 2.90. The van der Waals surface area contributed by atoms with Gasteiger partial charge in [-0.25, -0.2) is 8.42 Å². The third-order valence-electron chi connectivity index (χ3n) is 3.51. The minimum atomic E-state index is -2.92. The molecular weight excluding hydrogens is 265 g/mol. The summed E-state index contributed by atoms with van der Waals surface area (Å²) in [5.41, 5.74) is 1.30. The first-order chi connectivity index (χ1) is 8.89. The first-order valence-corrected chi connectivity index (χ1v) is 8.09. The minimum Gasteiger partial charge on any atom is -0.423 e. The normalized spacial score (nSPS) is 23.2. The number of nitrogens with zero attached hydrogens (tertiary/aromatic N) is 1. The quantitative estimate of drug-likeness (QED) is 0.695. The Labute approximate surface area is 113 Å². The maximum atomic E-state index is 11.5. The van der Waals surface area contributed by atoms with E-state index in [2.05, 4.69) is 4.90 Å². The number of hydrogen-bond acceptors (Lipinski definition) is 5. The lowest BCUT2D eigenvalue weighted by molar-refractivity contribution is 0.218. The van der Waals surface area contributed by atoms with Crippen molar-refractivity contribution in [3.8, 4) is 0 Å². The Morgan fingerprint density at radius 2 is 2.05 bits per heavy atom. The van der Waals surface area contributed by atoms with E-state index in [0.717, 1.165) is 5.56 Å². The lowest BCUT2D eigenvalue weighted by Crippen LogP contribution is -2.47. The van der Waals surface area contributed by atoms with Crippen LogP contribution in [0.4, 0.5) is 0 Å². The van der Waals surface area contributed by atoms with E-state index in [-0.39, 0.29) is 17.5 Å². The van der Waals surface area contributed by atoms with Crippen LogP contribution in [0.3, 0.4) is 0 Å². The lowest BCUT2D eigenvalue weighted by Gasteiger charge is -2.33. The van der Waals surface area contributed by atoms with E-state index in [1.807, 2.05) is 19.1 Å². The van der Waals surface area contributed by atoms with Crippen LogP contribution in [0.25, 0.3) is 0 Å². The van der Waals surface area contributed by atoms with Gasteiger partial charge in [0.05, 0.1) is 11.5 Å². The van der Waals surface area contributed by atoms with E-state index >= 15 is 0 Å². The van der Waals surface area contributed by atoms with Crippen molar-refractivity contribution in [3.05, 3.63) is 29.8 Å². The molecule has 19 heavy (non-hydrogen) atoms. The molecule has 0 amide bonds. The smallest absolute Gasteiger partial charge is 0.423 e. The third-order valence-corrected chi connectivity index (χ3v) is 5.31. The highest BCUT2D eigenvalue weighted by Crippen LogP contribution is 2.14. The molecule has 1 heterocycles. The SMILES string of the molecule is CC1CS(=O)(=O)CCN1Cc1ccccc1B(O)O. The van der Waals surface area contributed by atoms with E-state index in [0.29, 0.717) is 18.6 Å². The number of benzene rings is 1. The van der Waals surface area contributed by atoms with Crippen LogP contribution >= 0.6 is 0 Å². The summed E-state index contributed by atoms with van der Waals surface area (Å²) in [4.78, 5) is 2.06. The molecule has 0 spiro atoms. The van der Waals surface area contributed by atoms with Crippen LogP contribution in [-0.4, -0.2) is 54.6 Å². The lowest BCUT2D eigenvalue weighted by atomic mass is 9.77. The second-order valence-corrected chi connectivity index (χ2v) is 7.24. The van der Waals surface area contributed by atoms with Crippen molar-refractivity contribution in [3.63, 3.8) is 0 Å². The zero-order chi connectivity index (χ0) is 14.0. The summed E-state index contributed by atoms with van der Waals surface area (Å²) in [5.74, 6) is 0.331. The molecule has 0 radical (unpaired) electrons. The molecule has 5 nitrogen and oxygen atoms in total. The highest BCUT2D eigenvalue weighted by Gasteiger charge is 2.28. The summed E-state index contributed by atoms with van der Waals surface area (Å²) in [6.07, 6.45) is 0. The maximum absolute atomic E-state index is 11.5. The summed E-state index contributed by atoms with van der Waals surface area (Å²) in [7, 11) is -4.42. The van der Waals surface area contributed by atoms with Crippen LogP contribution in [0.5, 0.6) is 0 Å². The van der Waals surface area contributed by atoms with Gasteiger partial charge >= 0.3 is 7.12 Å². The highest BCUT2D eigenvalue weighted by atomic mass is 32.2. The van der Waals surface area contributed by atoms with E-state index in [1.165, 1.54) is 0 Å². The molecule has 1 aliphatic heterocycles. The van der Waals surface area contributed by atoms with Gasteiger partial charge in [-0.2, -0.15) is 0 Å². The molecule has 1 fully saturated rings. The molecule has 1 unspecified atom stereocenters. The van der Waals surface area contributed by atoms with Gasteiger partial charge in [0.1, 0.15) is 0 Å². The van der Waals surface area contributed by atoms with Gasteiger partial charge in [-0.3, -0.25) is 4.90 Å². The molecule has 1 atom stereocenters. The average Bonchev–Trinajstić information content (AvgIpc) is 2.32. The fraction of sp³-hybridized carbons (Fsp3) is 0.500. The molecule has 0 bridgehead atoms. The van der Waals surface area contributed by atoms with Crippen molar-refractivity contribution in [1.29, 1.82) is 0 Å². The molecule has 2 rings (SSSR count). The fourth-order valence-corrected chi connectivity index (χ4v) is 4.04. The van der Waals surface area contributed by atoms with Gasteiger partial charge in [0.15, 0.2) is 9.84 Å². The molecule has 1 aromatic carbocycles. The van der Waals surface area contributed by atoms with E-state index < -0.39 is 17.0 Å². The van der Waals surface area contributed by atoms with Crippen molar-refractivity contribution < 1.29 is 18.5 Å². The predicted molar refractivity (Wildman–Crippen MR) is 74.8 cm³/mol. The molecule has 1 saturated heterocycles.